The number of carbonyl (C=O) groups is 1. The molecule has 0 radical (unpaired) electrons. The van der Waals surface area contributed by atoms with E-state index in [1.807, 2.05) is 0 Å². The van der Waals surface area contributed by atoms with E-state index in [2.05, 4.69) is 5.09 Å². The van der Waals surface area contributed by atoms with Gasteiger partial charge in [-0.3, -0.25) is 4.79 Å². The molecule has 10 heavy (non-hydrogen) atoms. The molecule has 0 unspecified atom stereocenters. The maximum absolute atomic E-state index is 9.87. The summed E-state index contributed by atoms with van der Waals surface area (Å²) in [5.41, 5.74) is 0. The first-order valence-electron chi connectivity index (χ1n) is 2.72. The van der Waals surface area contributed by atoms with Gasteiger partial charge in [-0.1, -0.05) is 0 Å². The van der Waals surface area contributed by atoms with E-state index >= 15 is 0 Å². The molecule has 0 amide bonds. The van der Waals surface area contributed by atoms with Crippen molar-refractivity contribution >= 4 is 13.8 Å². The molecule has 0 aromatic heterocycles. The van der Waals surface area contributed by atoms with Gasteiger partial charge in [-0.25, -0.2) is 14.2 Å². The molecule has 58 valence electrons. The highest BCUT2D eigenvalue weighted by Gasteiger charge is 1.95. The van der Waals surface area contributed by atoms with E-state index in [0.29, 0.717) is 6.42 Å². The van der Waals surface area contributed by atoms with Crippen molar-refractivity contribution in [2.45, 2.75) is 12.8 Å². The van der Waals surface area contributed by atoms with Crippen molar-refractivity contribution in [3.63, 3.8) is 0 Å². The van der Waals surface area contributed by atoms with Gasteiger partial charge >= 0.3 is 13.8 Å². The van der Waals surface area contributed by atoms with Crippen LogP contribution in [-0.2, 0) is 13.9 Å². The lowest BCUT2D eigenvalue weighted by molar-refractivity contribution is -0.137. The normalized spacial score (nSPS) is 9.20. The first-order valence-corrected chi connectivity index (χ1v) is 3.90. The fraction of sp³-hybridized carbons (Fsp3) is 0.750. The summed E-state index contributed by atoms with van der Waals surface area (Å²) in [4.78, 5) is 9.87. The van der Waals surface area contributed by atoms with Crippen molar-refractivity contribution < 1.29 is 19.0 Å². The Morgan fingerprint density at radius 2 is 2.10 bits per heavy atom. The zero-order chi connectivity index (χ0) is 7.98. The molecule has 0 aliphatic carbocycles. The molecule has 0 bridgehead atoms. The maximum atomic E-state index is 9.87. The topological polar surface area (TPSA) is 83.5 Å². The van der Waals surface area contributed by atoms with Crippen LogP contribution < -0.4 is 5.09 Å². The number of hydrogen-bond donors (Lipinski definition) is 2. The molecule has 0 atom stereocenters. The Labute approximate surface area is 58.3 Å². The van der Waals surface area contributed by atoms with Gasteiger partial charge < -0.3 is 5.11 Å². The lowest BCUT2D eigenvalue weighted by atomic mass is 10.3. The second kappa shape index (κ2) is 5.14. The molecule has 0 rings (SSSR count). The van der Waals surface area contributed by atoms with Crippen molar-refractivity contribution in [1.82, 2.24) is 5.09 Å². The lowest BCUT2D eigenvalue weighted by Crippen LogP contribution is -2.05. The number of carboxylic acids is 1. The number of hydrogen-bond acceptors (Lipinski definition) is 3. The molecule has 0 saturated heterocycles. The maximum Gasteiger partial charge on any atom is 0.396 e. The molecule has 0 aliphatic rings. The third kappa shape index (κ3) is 7.33. The summed E-state index contributed by atoms with van der Waals surface area (Å²) < 4.78 is 19.6. The van der Waals surface area contributed by atoms with Crippen molar-refractivity contribution in [3.8, 4) is 0 Å². The molecule has 0 fully saturated rings. The Bertz CT molecular complexity index is 168. The monoisotopic (exact) mass is 165 g/mol. The van der Waals surface area contributed by atoms with Gasteiger partial charge in [-0.15, -0.1) is 0 Å². The quantitative estimate of drug-likeness (QED) is 0.458. The van der Waals surface area contributed by atoms with Crippen molar-refractivity contribution in [2.24, 2.45) is 0 Å². The average Bonchev–Trinajstić information content (AvgIpc) is 1.79. The molecule has 2 N–H and O–H groups in total. The largest absolute Gasteiger partial charge is 0.481 e. The second-order valence-electron chi connectivity index (χ2n) is 1.66. The zero-order valence-corrected chi connectivity index (χ0v) is 6.13. The van der Waals surface area contributed by atoms with Crippen LogP contribution >= 0.6 is 7.83 Å². The highest BCUT2D eigenvalue weighted by atomic mass is 31.1. The fourth-order valence-electron chi connectivity index (χ4n) is 0.410. The molecular weight excluding hydrogens is 157 g/mol. The van der Waals surface area contributed by atoms with Crippen LogP contribution in [0, 0.1) is 0 Å². The van der Waals surface area contributed by atoms with E-state index < -0.39 is 13.8 Å². The third-order valence-corrected chi connectivity index (χ3v) is 1.29. The van der Waals surface area contributed by atoms with E-state index in [4.69, 9.17) is 5.11 Å². The summed E-state index contributed by atoms with van der Waals surface area (Å²) in [5.74, 6) is -0.914. The van der Waals surface area contributed by atoms with Crippen LogP contribution in [0.25, 0.3) is 0 Å². The van der Waals surface area contributed by atoms with E-state index in [1.54, 1.807) is 0 Å². The number of rotatable bonds is 5. The number of aliphatic carboxylic acids is 1. The van der Waals surface area contributed by atoms with Gasteiger partial charge in [-0.2, -0.15) is 0 Å². The molecule has 0 aromatic rings. The molecule has 0 heterocycles. The van der Waals surface area contributed by atoms with E-state index in [-0.39, 0.29) is 13.0 Å². The first-order chi connectivity index (χ1) is 4.63. The molecule has 0 spiro atoms. The highest BCUT2D eigenvalue weighted by Crippen LogP contribution is 1.94. The molecule has 5 nitrogen and oxygen atoms in total. The highest BCUT2D eigenvalue weighted by molar-refractivity contribution is 7.28. The Balaban J connectivity index is 3.13. The minimum absolute atomic E-state index is 0.00380. The zero-order valence-electron chi connectivity index (χ0n) is 5.24. The molecular formula is C4H8NO4P. The Hall–Kier alpha value is -0.670. The summed E-state index contributed by atoms with van der Waals surface area (Å²) in [6, 6.07) is 0. The molecule has 0 saturated carbocycles. The van der Waals surface area contributed by atoms with Crippen molar-refractivity contribution in [2.75, 3.05) is 6.54 Å². The van der Waals surface area contributed by atoms with Crippen LogP contribution in [0.5, 0.6) is 0 Å². The van der Waals surface area contributed by atoms with Crippen LogP contribution in [0.15, 0.2) is 0 Å². The van der Waals surface area contributed by atoms with Crippen LogP contribution in [0.3, 0.4) is 0 Å². The van der Waals surface area contributed by atoms with Crippen molar-refractivity contribution in [3.05, 3.63) is 0 Å². The standard InChI is InChI=1S/C4H8NO4P/c6-4(7)2-1-3-5-10(8)9/h1-3H2,(H,6,7)(H,5,8,9). The molecule has 0 aromatic carbocycles. The average molecular weight is 165 g/mol. The second-order valence-corrected chi connectivity index (χ2v) is 2.49. The number of carboxylic acid groups (broad SMARTS) is 1. The van der Waals surface area contributed by atoms with Crippen LogP contribution in [0.4, 0.5) is 0 Å². The van der Waals surface area contributed by atoms with Crippen LogP contribution in [0.1, 0.15) is 12.8 Å². The van der Waals surface area contributed by atoms with Gasteiger partial charge in [0, 0.05) is 13.0 Å². The molecule has 6 heteroatoms. The van der Waals surface area contributed by atoms with Gasteiger partial charge in [-0.05, 0) is 6.42 Å². The van der Waals surface area contributed by atoms with Crippen LogP contribution in [-0.4, -0.2) is 17.6 Å². The Morgan fingerprint density at radius 1 is 1.50 bits per heavy atom. The fourth-order valence-corrected chi connectivity index (χ4v) is 0.751. The Morgan fingerprint density at radius 3 is 2.50 bits per heavy atom. The Kier molecular flexibility index (Phi) is 4.80. The predicted octanol–water partition coefficient (Wildman–Crippen LogP) is 0.529. The summed E-state index contributed by atoms with van der Waals surface area (Å²) >= 11 is 0. The van der Waals surface area contributed by atoms with Crippen LogP contribution in [0.2, 0.25) is 0 Å². The SMILES string of the molecule is O=C(O)CCCNP(=O)=O. The summed E-state index contributed by atoms with van der Waals surface area (Å²) in [6.45, 7) is 0.199. The van der Waals surface area contributed by atoms with Crippen molar-refractivity contribution in [1.29, 1.82) is 0 Å². The van der Waals surface area contributed by atoms with Gasteiger partial charge in [0.1, 0.15) is 0 Å². The van der Waals surface area contributed by atoms with Gasteiger partial charge in [0.05, 0.1) is 0 Å². The smallest absolute Gasteiger partial charge is 0.396 e. The van der Waals surface area contributed by atoms with E-state index in [1.165, 1.54) is 0 Å². The third-order valence-electron chi connectivity index (χ3n) is 0.808. The lowest BCUT2D eigenvalue weighted by Gasteiger charge is -1.90. The minimum Gasteiger partial charge on any atom is -0.481 e. The predicted molar refractivity (Wildman–Crippen MR) is 33.2 cm³/mol. The van der Waals surface area contributed by atoms with E-state index in [9.17, 15) is 13.9 Å². The number of nitrogens with one attached hydrogen (secondary N) is 1. The first kappa shape index (κ1) is 9.33. The van der Waals surface area contributed by atoms with Gasteiger partial charge in [0.2, 0.25) is 0 Å². The van der Waals surface area contributed by atoms with E-state index in [0.717, 1.165) is 0 Å². The summed E-state index contributed by atoms with van der Waals surface area (Å²) in [5, 5.41) is 10.2. The molecule has 0 aliphatic heterocycles. The minimum atomic E-state index is -2.57. The summed E-state index contributed by atoms with van der Waals surface area (Å²) in [7, 11) is -2.57. The van der Waals surface area contributed by atoms with Gasteiger partial charge in [0.25, 0.3) is 0 Å². The van der Waals surface area contributed by atoms with Gasteiger partial charge in [0.15, 0.2) is 0 Å². The summed E-state index contributed by atoms with van der Waals surface area (Å²) in [6.07, 6.45) is 0.328.